The Morgan fingerprint density at radius 1 is 1.06 bits per heavy atom. The Balaban J connectivity index is 1.64. The zero-order valence-electron chi connectivity index (χ0n) is 18.8. The second kappa shape index (κ2) is 10.6. The van der Waals surface area contributed by atoms with E-state index >= 15 is 0 Å². The molecule has 178 valence electrons. The summed E-state index contributed by atoms with van der Waals surface area (Å²) in [5, 5.41) is 2.23. The predicted octanol–water partition coefficient (Wildman–Crippen LogP) is 5.62. The van der Waals surface area contributed by atoms with Gasteiger partial charge in [0.25, 0.3) is 11.8 Å². The number of aryl methyl sites for hydroxylation is 1. The summed E-state index contributed by atoms with van der Waals surface area (Å²) in [7, 11) is 1.52. The summed E-state index contributed by atoms with van der Waals surface area (Å²) in [5.41, 5.74) is 2.90. The molecule has 9 heteroatoms. The highest BCUT2D eigenvalue weighted by Gasteiger charge is 2.36. The first kappa shape index (κ1) is 24.9. The van der Waals surface area contributed by atoms with Gasteiger partial charge in [-0.2, -0.15) is 0 Å². The van der Waals surface area contributed by atoms with Crippen LogP contribution in [0.5, 0.6) is 11.5 Å². The van der Waals surface area contributed by atoms with E-state index in [0.29, 0.717) is 29.4 Å². The number of nitrogens with one attached hydrogen (secondary N) is 1. The fourth-order valence-electron chi connectivity index (χ4n) is 3.57. The number of carbonyl (C=O) groups is 3. The van der Waals surface area contributed by atoms with Gasteiger partial charge in [-0.1, -0.05) is 45.8 Å². The Kier molecular flexibility index (Phi) is 7.56. The van der Waals surface area contributed by atoms with Gasteiger partial charge >= 0.3 is 6.03 Å². The number of amides is 4. The number of hydrogen-bond acceptors (Lipinski definition) is 5. The third-order valence-electron chi connectivity index (χ3n) is 5.21. The predicted molar refractivity (Wildman–Crippen MR) is 144 cm³/mol. The monoisotopic (exact) mass is 646 g/mol. The van der Waals surface area contributed by atoms with E-state index in [-0.39, 0.29) is 5.57 Å². The van der Waals surface area contributed by atoms with E-state index in [1.807, 2.05) is 31.2 Å². The molecule has 35 heavy (non-hydrogen) atoms. The van der Waals surface area contributed by atoms with E-state index in [9.17, 15) is 14.4 Å². The summed E-state index contributed by atoms with van der Waals surface area (Å²) in [4.78, 5) is 39.0. The van der Waals surface area contributed by atoms with Crippen LogP contribution in [-0.4, -0.2) is 25.0 Å². The molecule has 3 aromatic carbocycles. The molecule has 0 atom stereocenters. The van der Waals surface area contributed by atoms with Crippen LogP contribution in [0.2, 0.25) is 0 Å². The SMILES string of the molecule is COc1cc(/C=C2\C(=O)NC(=O)N(c3ccc(Br)cc3)C2=O)cc(I)c1OCc1cccc(C)c1. The highest BCUT2D eigenvalue weighted by molar-refractivity contribution is 14.1. The number of carbonyl (C=O) groups excluding carboxylic acids is 3. The number of ether oxygens (including phenoxy) is 2. The van der Waals surface area contributed by atoms with Crippen LogP contribution in [0.1, 0.15) is 16.7 Å². The summed E-state index contributed by atoms with van der Waals surface area (Å²) >= 11 is 5.45. The Morgan fingerprint density at radius 3 is 2.49 bits per heavy atom. The summed E-state index contributed by atoms with van der Waals surface area (Å²) in [6.45, 7) is 2.38. The average Bonchev–Trinajstić information content (AvgIpc) is 2.82. The molecule has 0 unspecified atom stereocenters. The van der Waals surface area contributed by atoms with Crippen LogP contribution in [0.15, 0.2) is 70.7 Å². The molecule has 0 aromatic heterocycles. The van der Waals surface area contributed by atoms with Crippen molar-refractivity contribution in [2.24, 2.45) is 0 Å². The van der Waals surface area contributed by atoms with Gasteiger partial charge in [-0.15, -0.1) is 0 Å². The highest BCUT2D eigenvalue weighted by Crippen LogP contribution is 2.35. The first-order valence-corrected chi connectivity index (χ1v) is 12.4. The van der Waals surface area contributed by atoms with Crippen LogP contribution in [0.3, 0.4) is 0 Å². The molecule has 0 bridgehead atoms. The number of imide groups is 2. The standard InChI is InChI=1S/C26H20BrIN2O5/c1-15-4-3-5-16(10-15)14-35-23-21(28)12-17(13-22(23)34-2)11-20-24(31)29-26(33)30(25(20)32)19-8-6-18(27)7-9-19/h3-13H,14H2,1-2H3,(H,29,31,33)/b20-11+. The second-order valence-electron chi connectivity index (χ2n) is 7.75. The summed E-state index contributed by atoms with van der Waals surface area (Å²) in [5.74, 6) is -0.458. The molecule has 0 aliphatic carbocycles. The number of anilines is 1. The van der Waals surface area contributed by atoms with Crippen molar-refractivity contribution in [2.75, 3.05) is 12.0 Å². The third-order valence-corrected chi connectivity index (χ3v) is 6.54. The van der Waals surface area contributed by atoms with Gasteiger partial charge in [0.05, 0.1) is 16.4 Å². The average molecular weight is 647 g/mol. The molecule has 3 aromatic rings. The number of halogens is 2. The van der Waals surface area contributed by atoms with Gasteiger partial charge in [0.2, 0.25) is 0 Å². The maximum absolute atomic E-state index is 13.1. The molecule has 4 amide bonds. The molecule has 1 fully saturated rings. The number of nitrogens with zero attached hydrogens (tertiary/aromatic N) is 1. The number of barbiturate groups is 1. The first-order chi connectivity index (χ1) is 16.8. The quantitative estimate of drug-likeness (QED) is 0.214. The number of urea groups is 1. The Labute approximate surface area is 224 Å². The molecule has 0 spiro atoms. The normalized spacial score (nSPS) is 14.8. The van der Waals surface area contributed by atoms with Gasteiger partial charge in [0, 0.05) is 4.47 Å². The molecule has 4 rings (SSSR count). The van der Waals surface area contributed by atoms with Crippen molar-refractivity contribution in [1.82, 2.24) is 5.32 Å². The molecular weight excluding hydrogens is 627 g/mol. The zero-order valence-corrected chi connectivity index (χ0v) is 22.5. The largest absolute Gasteiger partial charge is 0.493 e. The fourth-order valence-corrected chi connectivity index (χ4v) is 4.61. The van der Waals surface area contributed by atoms with Gasteiger partial charge in [0.1, 0.15) is 12.2 Å². The Bertz CT molecular complexity index is 1350. The minimum Gasteiger partial charge on any atom is -0.493 e. The molecule has 1 aliphatic rings. The topological polar surface area (TPSA) is 84.9 Å². The van der Waals surface area contributed by atoms with E-state index in [2.05, 4.69) is 43.8 Å². The lowest BCUT2D eigenvalue weighted by Gasteiger charge is -2.26. The first-order valence-electron chi connectivity index (χ1n) is 10.5. The van der Waals surface area contributed by atoms with E-state index in [1.54, 1.807) is 36.4 Å². The van der Waals surface area contributed by atoms with Crippen molar-refractivity contribution >= 4 is 68.1 Å². The van der Waals surface area contributed by atoms with E-state index in [1.165, 1.54) is 13.2 Å². The lowest BCUT2D eigenvalue weighted by molar-refractivity contribution is -0.122. The number of benzene rings is 3. The van der Waals surface area contributed by atoms with Crippen molar-refractivity contribution in [3.63, 3.8) is 0 Å². The number of hydrogen-bond donors (Lipinski definition) is 1. The summed E-state index contributed by atoms with van der Waals surface area (Å²) in [6.07, 6.45) is 1.44. The molecule has 1 aliphatic heterocycles. The number of methoxy groups -OCH3 is 1. The van der Waals surface area contributed by atoms with Gasteiger partial charge < -0.3 is 9.47 Å². The second-order valence-corrected chi connectivity index (χ2v) is 9.82. The Hall–Kier alpha value is -3.18. The minimum atomic E-state index is -0.800. The summed E-state index contributed by atoms with van der Waals surface area (Å²) in [6, 6.07) is 17.3. The van der Waals surface area contributed by atoms with Gasteiger partial charge in [-0.05, 0) is 83.1 Å². The highest BCUT2D eigenvalue weighted by atomic mass is 127. The van der Waals surface area contributed by atoms with Crippen LogP contribution in [0, 0.1) is 10.5 Å². The summed E-state index contributed by atoms with van der Waals surface area (Å²) < 4.78 is 13.1. The molecule has 0 radical (unpaired) electrons. The van der Waals surface area contributed by atoms with Crippen LogP contribution < -0.4 is 19.7 Å². The molecule has 1 N–H and O–H groups in total. The number of rotatable bonds is 6. The van der Waals surface area contributed by atoms with Crippen molar-refractivity contribution in [1.29, 1.82) is 0 Å². The lowest BCUT2D eigenvalue weighted by atomic mass is 10.1. The fraction of sp³-hybridized carbons (Fsp3) is 0.115. The maximum Gasteiger partial charge on any atom is 0.335 e. The van der Waals surface area contributed by atoms with Gasteiger partial charge in [-0.25, -0.2) is 9.69 Å². The van der Waals surface area contributed by atoms with Crippen molar-refractivity contribution in [3.8, 4) is 11.5 Å². The van der Waals surface area contributed by atoms with Crippen molar-refractivity contribution in [3.05, 3.63) is 91.0 Å². The molecule has 0 saturated carbocycles. The Morgan fingerprint density at radius 2 is 1.80 bits per heavy atom. The maximum atomic E-state index is 13.1. The van der Waals surface area contributed by atoms with Crippen LogP contribution >= 0.6 is 38.5 Å². The molecule has 1 heterocycles. The van der Waals surface area contributed by atoms with Crippen LogP contribution in [0.4, 0.5) is 10.5 Å². The smallest absolute Gasteiger partial charge is 0.335 e. The molecule has 1 saturated heterocycles. The van der Waals surface area contributed by atoms with E-state index in [4.69, 9.17) is 9.47 Å². The minimum absolute atomic E-state index is 0.168. The van der Waals surface area contributed by atoms with Gasteiger partial charge in [-0.3, -0.25) is 14.9 Å². The van der Waals surface area contributed by atoms with Crippen LogP contribution in [0.25, 0.3) is 6.08 Å². The molecule has 7 nitrogen and oxygen atoms in total. The zero-order chi connectivity index (χ0) is 25.1. The van der Waals surface area contributed by atoms with E-state index in [0.717, 1.165) is 24.1 Å². The van der Waals surface area contributed by atoms with Crippen molar-refractivity contribution < 1.29 is 23.9 Å². The van der Waals surface area contributed by atoms with Gasteiger partial charge in [0.15, 0.2) is 11.5 Å². The van der Waals surface area contributed by atoms with Crippen LogP contribution in [-0.2, 0) is 16.2 Å². The van der Waals surface area contributed by atoms with E-state index < -0.39 is 17.8 Å². The lowest BCUT2D eigenvalue weighted by Crippen LogP contribution is -2.54. The molecular formula is C26H20BrIN2O5. The third kappa shape index (κ3) is 5.57. The van der Waals surface area contributed by atoms with Crippen molar-refractivity contribution in [2.45, 2.75) is 13.5 Å².